The Morgan fingerprint density at radius 1 is 1.47 bits per heavy atom. The maximum absolute atomic E-state index is 12.1. The Morgan fingerprint density at radius 3 is 2.68 bits per heavy atom. The molecule has 1 amide bonds. The zero-order valence-electron chi connectivity index (χ0n) is 12.1. The summed E-state index contributed by atoms with van der Waals surface area (Å²) < 4.78 is 5.14. The van der Waals surface area contributed by atoms with Crippen molar-refractivity contribution in [2.75, 3.05) is 13.7 Å². The number of carbonyl (C=O) groups is 1. The maximum Gasteiger partial charge on any atom is 0.255 e. The summed E-state index contributed by atoms with van der Waals surface area (Å²) >= 11 is 0. The van der Waals surface area contributed by atoms with Crippen LogP contribution in [0.25, 0.3) is 0 Å². The van der Waals surface area contributed by atoms with Crippen LogP contribution in [0, 0.1) is 5.92 Å². The molecule has 0 aliphatic carbocycles. The van der Waals surface area contributed by atoms with E-state index < -0.39 is 5.60 Å². The normalized spacial score (nSPS) is 15.4. The quantitative estimate of drug-likeness (QED) is 0.829. The van der Waals surface area contributed by atoms with E-state index in [4.69, 9.17) is 4.74 Å². The summed E-state index contributed by atoms with van der Waals surface area (Å²) in [5, 5.41) is 13.0. The van der Waals surface area contributed by atoms with Gasteiger partial charge >= 0.3 is 0 Å². The minimum atomic E-state index is -0.910. The van der Waals surface area contributed by atoms with Gasteiger partial charge in [0.05, 0.1) is 18.3 Å². The molecule has 0 aliphatic rings. The van der Waals surface area contributed by atoms with Gasteiger partial charge in [-0.2, -0.15) is 0 Å². The van der Waals surface area contributed by atoms with Gasteiger partial charge in [-0.05, 0) is 25.0 Å². The second kappa shape index (κ2) is 6.57. The predicted octanol–water partition coefficient (Wildman–Crippen LogP) is 2.22. The van der Waals surface area contributed by atoms with E-state index in [9.17, 15) is 9.90 Å². The number of methoxy groups -OCH3 is 1. The Kier molecular flexibility index (Phi) is 5.36. The van der Waals surface area contributed by atoms with Gasteiger partial charge in [0.25, 0.3) is 5.91 Å². The van der Waals surface area contributed by atoms with Crippen molar-refractivity contribution in [3.63, 3.8) is 0 Å². The second-order valence-corrected chi connectivity index (χ2v) is 5.05. The Bertz CT molecular complexity index is 429. The van der Waals surface area contributed by atoms with Crippen LogP contribution in [0.2, 0.25) is 0 Å². The van der Waals surface area contributed by atoms with Gasteiger partial charge in [0.15, 0.2) is 0 Å². The molecule has 0 heterocycles. The van der Waals surface area contributed by atoms with Gasteiger partial charge in [-0.3, -0.25) is 4.79 Å². The van der Waals surface area contributed by atoms with Crippen molar-refractivity contribution in [2.45, 2.75) is 32.8 Å². The van der Waals surface area contributed by atoms with Crippen LogP contribution in [0.3, 0.4) is 0 Å². The van der Waals surface area contributed by atoms with Crippen molar-refractivity contribution >= 4 is 5.91 Å². The molecular weight excluding hydrogens is 242 g/mol. The average molecular weight is 265 g/mol. The zero-order chi connectivity index (χ0) is 14.5. The molecule has 0 aliphatic heterocycles. The van der Waals surface area contributed by atoms with Crippen LogP contribution in [0.5, 0.6) is 5.75 Å². The molecule has 2 atom stereocenters. The number of amides is 1. The van der Waals surface area contributed by atoms with Crippen LogP contribution < -0.4 is 10.1 Å². The Balaban J connectivity index is 2.70. The standard InChI is InChI=1S/C15H23NO3/c1-5-11(2)15(3,18)10-16-14(17)12-8-6-7-9-13(12)19-4/h6-9,11,18H,5,10H2,1-4H3,(H,16,17). The van der Waals surface area contributed by atoms with Gasteiger partial charge in [0.1, 0.15) is 5.75 Å². The van der Waals surface area contributed by atoms with Crippen molar-refractivity contribution in [3.8, 4) is 5.75 Å². The Labute approximate surface area is 114 Å². The van der Waals surface area contributed by atoms with Crippen LogP contribution in [0.4, 0.5) is 0 Å². The number of hydrogen-bond donors (Lipinski definition) is 2. The molecule has 0 spiro atoms. The number of nitrogens with one attached hydrogen (secondary N) is 1. The summed E-state index contributed by atoms with van der Waals surface area (Å²) in [6.07, 6.45) is 0.859. The zero-order valence-corrected chi connectivity index (χ0v) is 12.1. The molecule has 4 nitrogen and oxygen atoms in total. The number of para-hydroxylation sites is 1. The topological polar surface area (TPSA) is 58.6 Å². The summed E-state index contributed by atoms with van der Waals surface area (Å²) in [5.74, 6) is 0.412. The lowest BCUT2D eigenvalue weighted by atomic mass is 9.88. The lowest BCUT2D eigenvalue weighted by Gasteiger charge is -2.29. The minimum absolute atomic E-state index is 0.116. The van der Waals surface area contributed by atoms with Crippen molar-refractivity contribution in [1.29, 1.82) is 0 Å². The second-order valence-electron chi connectivity index (χ2n) is 5.05. The van der Waals surface area contributed by atoms with E-state index in [2.05, 4.69) is 5.32 Å². The summed E-state index contributed by atoms with van der Waals surface area (Å²) in [4.78, 5) is 12.1. The number of carbonyl (C=O) groups excluding carboxylic acids is 1. The Hall–Kier alpha value is -1.55. The van der Waals surface area contributed by atoms with Gasteiger partial charge in [0, 0.05) is 6.54 Å². The van der Waals surface area contributed by atoms with E-state index in [-0.39, 0.29) is 18.4 Å². The van der Waals surface area contributed by atoms with Crippen LogP contribution in [0.15, 0.2) is 24.3 Å². The predicted molar refractivity (Wildman–Crippen MR) is 75.4 cm³/mol. The molecule has 0 aromatic heterocycles. The third kappa shape index (κ3) is 3.96. The van der Waals surface area contributed by atoms with E-state index in [0.29, 0.717) is 11.3 Å². The molecule has 2 N–H and O–H groups in total. The third-order valence-corrected chi connectivity index (χ3v) is 3.63. The summed E-state index contributed by atoms with van der Waals surface area (Å²) in [5.41, 5.74) is -0.433. The minimum Gasteiger partial charge on any atom is -0.496 e. The highest BCUT2D eigenvalue weighted by atomic mass is 16.5. The van der Waals surface area contributed by atoms with E-state index in [0.717, 1.165) is 6.42 Å². The largest absolute Gasteiger partial charge is 0.496 e. The molecule has 1 aromatic carbocycles. The number of ether oxygens (including phenoxy) is 1. The van der Waals surface area contributed by atoms with E-state index in [1.54, 1.807) is 25.1 Å². The third-order valence-electron chi connectivity index (χ3n) is 3.63. The maximum atomic E-state index is 12.1. The number of hydrogen-bond acceptors (Lipinski definition) is 3. The molecule has 106 valence electrons. The van der Waals surface area contributed by atoms with Crippen LogP contribution in [-0.4, -0.2) is 30.3 Å². The molecule has 0 saturated carbocycles. The van der Waals surface area contributed by atoms with Crippen molar-refractivity contribution in [2.24, 2.45) is 5.92 Å². The Morgan fingerprint density at radius 2 is 2.11 bits per heavy atom. The highest BCUT2D eigenvalue weighted by Crippen LogP contribution is 2.20. The fourth-order valence-electron chi connectivity index (χ4n) is 1.80. The highest BCUT2D eigenvalue weighted by Gasteiger charge is 2.27. The lowest BCUT2D eigenvalue weighted by molar-refractivity contribution is 0.00590. The number of benzene rings is 1. The molecule has 2 unspecified atom stereocenters. The summed E-state index contributed by atoms with van der Waals surface area (Å²) in [6.45, 7) is 5.94. The van der Waals surface area contributed by atoms with Gasteiger partial charge < -0.3 is 15.2 Å². The lowest BCUT2D eigenvalue weighted by Crippen LogP contribution is -2.45. The summed E-state index contributed by atoms with van der Waals surface area (Å²) in [6, 6.07) is 7.03. The SMILES string of the molecule is CCC(C)C(C)(O)CNC(=O)c1ccccc1OC. The van der Waals surface area contributed by atoms with Crippen LogP contribution in [0.1, 0.15) is 37.6 Å². The molecule has 1 rings (SSSR count). The molecule has 0 bridgehead atoms. The summed E-state index contributed by atoms with van der Waals surface area (Å²) in [7, 11) is 1.53. The fraction of sp³-hybridized carbons (Fsp3) is 0.533. The fourth-order valence-corrected chi connectivity index (χ4v) is 1.80. The van der Waals surface area contributed by atoms with Gasteiger partial charge in [-0.25, -0.2) is 0 Å². The van der Waals surface area contributed by atoms with E-state index in [1.807, 2.05) is 19.9 Å². The van der Waals surface area contributed by atoms with Crippen molar-refractivity contribution in [3.05, 3.63) is 29.8 Å². The molecule has 4 heteroatoms. The molecule has 0 saturated heterocycles. The smallest absolute Gasteiger partial charge is 0.255 e. The number of rotatable bonds is 6. The average Bonchev–Trinajstić information content (AvgIpc) is 2.43. The monoisotopic (exact) mass is 265 g/mol. The highest BCUT2D eigenvalue weighted by molar-refractivity contribution is 5.96. The first-order chi connectivity index (χ1) is 8.92. The first-order valence-electron chi connectivity index (χ1n) is 6.56. The van der Waals surface area contributed by atoms with Gasteiger partial charge in [0.2, 0.25) is 0 Å². The van der Waals surface area contributed by atoms with E-state index >= 15 is 0 Å². The van der Waals surface area contributed by atoms with Gasteiger partial charge in [-0.1, -0.05) is 32.4 Å². The molecule has 19 heavy (non-hydrogen) atoms. The number of aliphatic hydroxyl groups is 1. The van der Waals surface area contributed by atoms with E-state index in [1.165, 1.54) is 7.11 Å². The molecule has 1 aromatic rings. The van der Waals surface area contributed by atoms with Crippen LogP contribution in [-0.2, 0) is 0 Å². The first-order valence-corrected chi connectivity index (χ1v) is 6.56. The first kappa shape index (κ1) is 15.5. The molecule has 0 radical (unpaired) electrons. The van der Waals surface area contributed by atoms with Gasteiger partial charge in [-0.15, -0.1) is 0 Å². The van der Waals surface area contributed by atoms with Crippen LogP contribution >= 0.6 is 0 Å². The van der Waals surface area contributed by atoms with Crippen molar-refractivity contribution < 1.29 is 14.6 Å². The van der Waals surface area contributed by atoms with Crippen molar-refractivity contribution in [1.82, 2.24) is 5.32 Å². The molecule has 0 fully saturated rings. The molecular formula is C15H23NO3.